The molecule has 20 heavy (non-hydrogen) atoms. The van der Waals surface area contributed by atoms with Crippen molar-refractivity contribution in [3.63, 3.8) is 0 Å². The molecule has 1 atom stereocenters. The number of hydrogen-bond donors (Lipinski definition) is 3. The number of carboxylic acid groups (broad SMARTS) is 3. The van der Waals surface area contributed by atoms with E-state index in [1.54, 1.807) is 4.90 Å². The van der Waals surface area contributed by atoms with E-state index < -0.39 is 23.9 Å². The van der Waals surface area contributed by atoms with Gasteiger partial charge in [0.1, 0.15) is 6.04 Å². The molecular formula is C13H23NO6. The molecule has 116 valence electrons. The Morgan fingerprint density at radius 1 is 0.950 bits per heavy atom. The fourth-order valence-corrected chi connectivity index (χ4v) is 1.95. The van der Waals surface area contributed by atoms with Gasteiger partial charge in [0, 0.05) is 13.0 Å². The molecule has 0 spiro atoms. The Morgan fingerprint density at radius 2 is 1.50 bits per heavy atom. The molecule has 7 nitrogen and oxygen atoms in total. The van der Waals surface area contributed by atoms with Crippen molar-refractivity contribution in [2.75, 3.05) is 13.1 Å². The standard InChI is InChI=1S/C13H23NO6/c1-9(2)8-10(13(19)20)14(7-5-12(17)18)6-3-4-11(15)16/h9-10H,3-8H2,1-2H3,(H,15,16)(H,17,18)(H,19,20). The van der Waals surface area contributed by atoms with Crippen LogP contribution in [0.25, 0.3) is 0 Å². The molecule has 0 fully saturated rings. The van der Waals surface area contributed by atoms with Crippen LogP contribution in [0.1, 0.15) is 39.5 Å². The van der Waals surface area contributed by atoms with E-state index >= 15 is 0 Å². The Balaban J connectivity index is 4.69. The molecule has 3 N–H and O–H groups in total. The van der Waals surface area contributed by atoms with E-state index in [9.17, 15) is 19.5 Å². The fraction of sp³-hybridized carbons (Fsp3) is 0.769. The molecule has 0 rings (SSSR count). The maximum atomic E-state index is 11.3. The number of nitrogens with zero attached hydrogens (tertiary/aromatic N) is 1. The molecule has 0 radical (unpaired) electrons. The van der Waals surface area contributed by atoms with Crippen LogP contribution in [0.4, 0.5) is 0 Å². The third kappa shape index (κ3) is 8.47. The van der Waals surface area contributed by atoms with E-state index in [4.69, 9.17) is 10.2 Å². The van der Waals surface area contributed by atoms with Gasteiger partial charge < -0.3 is 15.3 Å². The van der Waals surface area contributed by atoms with Crippen LogP contribution in [0.2, 0.25) is 0 Å². The molecule has 0 bridgehead atoms. The topological polar surface area (TPSA) is 115 Å². The van der Waals surface area contributed by atoms with Gasteiger partial charge in [-0.05, 0) is 25.3 Å². The van der Waals surface area contributed by atoms with Crippen LogP contribution in [0.5, 0.6) is 0 Å². The minimum atomic E-state index is -1.00. The van der Waals surface area contributed by atoms with Crippen molar-refractivity contribution in [3.8, 4) is 0 Å². The van der Waals surface area contributed by atoms with Crippen molar-refractivity contribution in [2.24, 2.45) is 5.92 Å². The number of carbonyl (C=O) groups is 3. The summed E-state index contributed by atoms with van der Waals surface area (Å²) in [5.74, 6) is -2.79. The normalized spacial score (nSPS) is 12.6. The lowest BCUT2D eigenvalue weighted by Crippen LogP contribution is -2.43. The molecule has 1 unspecified atom stereocenters. The first kappa shape index (κ1) is 18.4. The molecule has 0 aliphatic rings. The highest BCUT2D eigenvalue weighted by atomic mass is 16.4. The molecular weight excluding hydrogens is 266 g/mol. The minimum absolute atomic E-state index is 0.0579. The molecule has 0 aromatic rings. The van der Waals surface area contributed by atoms with E-state index in [0.717, 1.165) is 0 Å². The summed E-state index contributed by atoms with van der Waals surface area (Å²) in [7, 11) is 0. The largest absolute Gasteiger partial charge is 0.481 e. The van der Waals surface area contributed by atoms with Crippen molar-refractivity contribution < 1.29 is 29.7 Å². The molecule has 0 aromatic heterocycles. The van der Waals surface area contributed by atoms with Crippen molar-refractivity contribution in [1.82, 2.24) is 4.90 Å². The van der Waals surface area contributed by atoms with E-state index in [1.165, 1.54) is 0 Å². The van der Waals surface area contributed by atoms with E-state index in [-0.39, 0.29) is 31.8 Å². The SMILES string of the molecule is CC(C)CC(C(=O)O)N(CCCC(=O)O)CCC(=O)O. The Bertz CT molecular complexity index is 342. The third-order valence-corrected chi connectivity index (χ3v) is 2.87. The van der Waals surface area contributed by atoms with Gasteiger partial charge in [0.2, 0.25) is 0 Å². The van der Waals surface area contributed by atoms with Crippen LogP contribution in [-0.2, 0) is 14.4 Å². The average Bonchev–Trinajstić information content (AvgIpc) is 2.29. The summed E-state index contributed by atoms with van der Waals surface area (Å²) < 4.78 is 0. The van der Waals surface area contributed by atoms with Gasteiger partial charge in [-0.1, -0.05) is 13.8 Å². The molecule has 7 heteroatoms. The molecule has 0 saturated heterocycles. The number of rotatable bonds is 11. The smallest absolute Gasteiger partial charge is 0.320 e. The van der Waals surface area contributed by atoms with E-state index in [2.05, 4.69) is 0 Å². The van der Waals surface area contributed by atoms with Crippen molar-refractivity contribution in [1.29, 1.82) is 0 Å². The molecule has 0 aromatic carbocycles. The summed E-state index contributed by atoms with van der Waals surface area (Å²) in [6.07, 6.45) is 0.491. The zero-order chi connectivity index (χ0) is 15.7. The lowest BCUT2D eigenvalue weighted by molar-refractivity contribution is -0.145. The summed E-state index contributed by atoms with van der Waals surface area (Å²) in [5, 5.41) is 26.6. The highest BCUT2D eigenvalue weighted by Crippen LogP contribution is 2.14. The van der Waals surface area contributed by atoms with Gasteiger partial charge in [-0.2, -0.15) is 0 Å². The second kappa shape index (κ2) is 9.30. The van der Waals surface area contributed by atoms with Gasteiger partial charge >= 0.3 is 17.9 Å². The Kier molecular flexibility index (Phi) is 8.54. The number of carboxylic acids is 3. The lowest BCUT2D eigenvalue weighted by atomic mass is 10.0. The molecule has 0 heterocycles. The average molecular weight is 289 g/mol. The van der Waals surface area contributed by atoms with Gasteiger partial charge in [-0.15, -0.1) is 0 Å². The second-order valence-corrected chi connectivity index (χ2v) is 5.16. The Labute approximate surface area is 118 Å². The number of aliphatic carboxylic acids is 3. The van der Waals surface area contributed by atoms with Crippen molar-refractivity contribution in [2.45, 2.75) is 45.6 Å². The lowest BCUT2D eigenvalue weighted by Gasteiger charge is -2.29. The maximum absolute atomic E-state index is 11.3. The highest BCUT2D eigenvalue weighted by Gasteiger charge is 2.26. The summed E-state index contributed by atoms with van der Waals surface area (Å²) in [6.45, 7) is 4.16. The molecule has 0 saturated carbocycles. The summed E-state index contributed by atoms with van der Waals surface area (Å²) in [6, 6.07) is -0.775. The summed E-state index contributed by atoms with van der Waals surface area (Å²) in [4.78, 5) is 34.0. The summed E-state index contributed by atoms with van der Waals surface area (Å²) >= 11 is 0. The molecule has 0 aliphatic heterocycles. The van der Waals surface area contributed by atoms with Gasteiger partial charge in [0.15, 0.2) is 0 Å². The first-order valence-electron chi connectivity index (χ1n) is 6.64. The quantitative estimate of drug-likeness (QED) is 0.522. The Hall–Kier alpha value is -1.63. The van der Waals surface area contributed by atoms with Gasteiger partial charge in [0.05, 0.1) is 6.42 Å². The fourth-order valence-electron chi connectivity index (χ4n) is 1.95. The zero-order valence-corrected chi connectivity index (χ0v) is 11.9. The third-order valence-electron chi connectivity index (χ3n) is 2.87. The van der Waals surface area contributed by atoms with Crippen LogP contribution in [0, 0.1) is 5.92 Å². The minimum Gasteiger partial charge on any atom is -0.481 e. The molecule has 0 amide bonds. The van der Waals surface area contributed by atoms with Crippen molar-refractivity contribution >= 4 is 17.9 Å². The second-order valence-electron chi connectivity index (χ2n) is 5.16. The van der Waals surface area contributed by atoms with Gasteiger partial charge in [-0.25, -0.2) is 0 Å². The highest BCUT2D eigenvalue weighted by molar-refractivity contribution is 5.73. The van der Waals surface area contributed by atoms with Crippen LogP contribution < -0.4 is 0 Å². The van der Waals surface area contributed by atoms with Crippen LogP contribution in [0.3, 0.4) is 0 Å². The van der Waals surface area contributed by atoms with Crippen LogP contribution >= 0.6 is 0 Å². The van der Waals surface area contributed by atoms with E-state index in [0.29, 0.717) is 12.8 Å². The first-order chi connectivity index (χ1) is 9.23. The van der Waals surface area contributed by atoms with Crippen molar-refractivity contribution in [3.05, 3.63) is 0 Å². The molecule has 0 aliphatic carbocycles. The van der Waals surface area contributed by atoms with Crippen LogP contribution in [0.15, 0.2) is 0 Å². The predicted octanol–water partition coefficient (Wildman–Crippen LogP) is 1.13. The Morgan fingerprint density at radius 3 is 1.90 bits per heavy atom. The van der Waals surface area contributed by atoms with Crippen LogP contribution in [-0.4, -0.2) is 57.3 Å². The predicted molar refractivity (Wildman–Crippen MR) is 71.6 cm³/mol. The first-order valence-corrected chi connectivity index (χ1v) is 6.64. The summed E-state index contributed by atoms with van der Waals surface area (Å²) in [5.41, 5.74) is 0. The monoisotopic (exact) mass is 289 g/mol. The number of hydrogen-bond acceptors (Lipinski definition) is 4. The zero-order valence-electron chi connectivity index (χ0n) is 11.9. The maximum Gasteiger partial charge on any atom is 0.320 e. The van der Waals surface area contributed by atoms with Gasteiger partial charge in [0.25, 0.3) is 0 Å². The van der Waals surface area contributed by atoms with E-state index in [1.807, 2.05) is 13.8 Å². The van der Waals surface area contributed by atoms with Gasteiger partial charge in [-0.3, -0.25) is 19.3 Å².